The van der Waals surface area contributed by atoms with Crippen molar-refractivity contribution in [1.29, 1.82) is 0 Å². The second-order valence-electron chi connectivity index (χ2n) is 7.78. The maximum absolute atomic E-state index is 4.78. The summed E-state index contributed by atoms with van der Waals surface area (Å²) in [6, 6.07) is 4.24. The van der Waals surface area contributed by atoms with Gasteiger partial charge < -0.3 is 14.7 Å². The van der Waals surface area contributed by atoms with Gasteiger partial charge in [-0.3, -0.25) is 0 Å². The van der Waals surface area contributed by atoms with Crippen molar-refractivity contribution in [3.05, 3.63) is 30.0 Å². The molecule has 0 aliphatic carbocycles. The summed E-state index contributed by atoms with van der Waals surface area (Å²) in [5.41, 5.74) is 1.04. The van der Waals surface area contributed by atoms with Gasteiger partial charge in [-0.05, 0) is 19.8 Å². The fourth-order valence-electron chi connectivity index (χ4n) is 3.79. The number of aromatic nitrogens is 4. The fraction of sp³-hybridized carbons (Fsp3) is 0.600. The van der Waals surface area contributed by atoms with E-state index in [1.807, 2.05) is 6.92 Å². The summed E-state index contributed by atoms with van der Waals surface area (Å²) < 4.78 is 0. The van der Waals surface area contributed by atoms with Gasteiger partial charge in [0, 0.05) is 63.0 Å². The van der Waals surface area contributed by atoms with Crippen molar-refractivity contribution in [2.24, 2.45) is 0 Å². The van der Waals surface area contributed by atoms with Crippen LogP contribution in [0.25, 0.3) is 0 Å². The zero-order valence-corrected chi connectivity index (χ0v) is 16.6. The zero-order chi connectivity index (χ0) is 18.8. The Balaban J connectivity index is 1.44. The number of hydrogen-bond donors (Lipinski definition) is 0. The molecule has 2 aliphatic heterocycles. The van der Waals surface area contributed by atoms with Crippen LogP contribution in [0, 0.1) is 6.92 Å². The van der Waals surface area contributed by atoms with Crippen LogP contribution < -0.4 is 14.7 Å². The quantitative estimate of drug-likeness (QED) is 0.823. The minimum absolute atomic E-state index is 0.343. The first kappa shape index (κ1) is 17.9. The largest absolute Gasteiger partial charge is 0.356 e. The van der Waals surface area contributed by atoms with E-state index in [1.54, 1.807) is 6.33 Å². The van der Waals surface area contributed by atoms with E-state index in [-0.39, 0.29) is 0 Å². The monoisotopic (exact) mass is 367 g/mol. The van der Waals surface area contributed by atoms with Crippen molar-refractivity contribution in [1.82, 2.24) is 19.9 Å². The second kappa shape index (κ2) is 7.66. The molecule has 0 atom stereocenters. The molecule has 2 saturated heterocycles. The summed E-state index contributed by atoms with van der Waals surface area (Å²) in [6.07, 6.45) is 4.22. The molecule has 27 heavy (non-hydrogen) atoms. The lowest BCUT2D eigenvalue weighted by Crippen LogP contribution is -2.47. The number of anilines is 3. The van der Waals surface area contributed by atoms with Crippen molar-refractivity contribution in [3.63, 3.8) is 0 Å². The first-order chi connectivity index (χ1) is 13.1. The van der Waals surface area contributed by atoms with Gasteiger partial charge in [0.05, 0.1) is 0 Å². The Labute approximate surface area is 161 Å². The van der Waals surface area contributed by atoms with Gasteiger partial charge in [-0.25, -0.2) is 19.9 Å². The molecule has 4 heterocycles. The van der Waals surface area contributed by atoms with Gasteiger partial charge in [-0.1, -0.05) is 13.8 Å². The summed E-state index contributed by atoms with van der Waals surface area (Å²) in [4.78, 5) is 25.4. The fourth-order valence-corrected chi connectivity index (χ4v) is 3.79. The summed E-state index contributed by atoms with van der Waals surface area (Å²) in [6.45, 7) is 12.3. The van der Waals surface area contributed by atoms with Crippen molar-refractivity contribution >= 4 is 17.5 Å². The highest BCUT2D eigenvalue weighted by molar-refractivity contribution is 5.52. The molecule has 2 aromatic heterocycles. The van der Waals surface area contributed by atoms with E-state index in [1.165, 1.54) is 12.8 Å². The summed E-state index contributed by atoms with van der Waals surface area (Å²) in [5, 5.41) is 0. The molecule has 0 spiro atoms. The normalized spacial score (nSPS) is 17.9. The van der Waals surface area contributed by atoms with E-state index in [0.29, 0.717) is 5.92 Å². The molecule has 7 heteroatoms. The third-order valence-electron chi connectivity index (χ3n) is 5.37. The number of nitrogens with zero attached hydrogens (tertiary/aromatic N) is 7. The van der Waals surface area contributed by atoms with Crippen LogP contribution in [-0.4, -0.2) is 59.2 Å². The van der Waals surface area contributed by atoms with Crippen molar-refractivity contribution in [2.45, 2.75) is 39.5 Å². The molecule has 144 valence electrons. The molecule has 0 amide bonds. The van der Waals surface area contributed by atoms with E-state index < -0.39 is 0 Å². The summed E-state index contributed by atoms with van der Waals surface area (Å²) >= 11 is 0. The van der Waals surface area contributed by atoms with Gasteiger partial charge in [0.25, 0.3) is 0 Å². The Hall–Kier alpha value is -2.44. The molecule has 0 unspecified atom stereocenters. The number of hydrogen-bond acceptors (Lipinski definition) is 7. The lowest BCUT2D eigenvalue weighted by atomic mass is 10.2. The van der Waals surface area contributed by atoms with E-state index in [4.69, 9.17) is 4.98 Å². The van der Waals surface area contributed by atoms with Gasteiger partial charge in [-0.15, -0.1) is 0 Å². The molecule has 2 aliphatic rings. The average Bonchev–Trinajstić information content (AvgIpc) is 3.23. The van der Waals surface area contributed by atoms with Gasteiger partial charge >= 0.3 is 0 Å². The Morgan fingerprint density at radius 1 is 0.741 bits per heavy atom. The molecule has 7 nitrogen and oxygen atoms in total. The molecule has 2 aromatic rings. The Bertz CT molecular complexity index is 778. The molecule has 2 fully saturated rings. The van der Waals surface area contributed by atoms with Crippen LogP contribution in [0.1, 0.15) is 44.1 Å². The second-order valence-corrected chi connectivity index (χ2v) is 7.78. The number of aryl methyl sites for hydroxylation is 1. The number of piperazine rings is 1. The van der Waals surface area contributed by atoms with Gasteiger partial charge in [0.15, 0.2) is 0 Å². The topological polar surface area (TPSA) is 61.3 Å². The first-order valence-corrected chi connectivity index (χ1v) is 10.0. The van der Waals surface area contributed by atoms with Crippen LogP contribution in [0.5, 0.6) is 0 Å². The van der Waals surface area contributed by atoms with Crippen LogP contribution in [0.4, 0.5) is 17.5 Å². The molecule has 0 bridgehead atoms. The van der Waals surface area contributed by atoms with E-state index in [0.717, 1.165) is 68.2 Å². The highest BCUT2D eigenvalue weighted by atomic mass is 15.3. The van der Waals surface area contributed by atoms with Crippen molar-refractivity contribution < 1.29 is 0 Å². The van der Waals surface area contributed by atoms with Gasteiger partial charge in [0.1, 0.15) is 29.6 Å². The van der Waals surface area contributed by atoms with Gasteiger partial charge in [0.2, 0.25) is 0 Å². The number of rotatable bonds is 4. The SMILES string of the molecule is Cc1cc(N2CCN(c3cc(N4CCCC4)ncn3)CC2)nc(C(C)C)n1. The molecular weight excluding hydrogens is 338 g/mol. The minimum atomic E-state index is 0.343. The zero-order valence-electron chi connectivity index (χ0n) is 16.6. The molecule has 0 aromatic carbocycles. The minimum Gasteiger partial charge on any atom is -0.356 e. The molecule has 4 rings (SSSR count). The third-order valence-corrected chi connectivity index (χ3v) is 5.37. The highest BCUT2D eigenvalue weighted by Gasteiger charge is 2.22. The lowest BCUT2D eigenvalue weighted by molar-refractivity contribution is 0.635. The third kappa shape index (κ3) is 3.96. The van der Waals surface area contributed by atoms with Crippen molar-refractivity contribution in [2.75, 3.05) is 54.0 Å². The van der Waals surface area contributed by atoms with Crippen LogP contribution in [0.3, 0.4) is 0 Å². The van der Waals surface area contributed by atoms with Crippen LogP contribution in [-0.2, 0) is 0 Å². The average molecular weight is 368 g/mol. The maximum Gasteiger partial charge on any atom is 0.134 e. The Morgan fingerprint density at radius 2 is 1.30 bits per heavy atom. The van der Waals surface area contributed by atoms with E-state index in [2.05, 4.69) is 55.6 Å². The first-order valence-electron chi connectivity index (χ1n) is 10.0. The van der Waals surface area contributed by atoms with Gasteiger partial charge in [-0.2, -0.15) is 0 Å². The Morgan fingerprint density at radius 3 is 1.89 bits per heavy atom. The van der Waals surface area contributed by atoms with Crippen LogP contribution >= 0.6 is 0 Å². The highest BCUT2D eigenvalue weighted by Crippen LogP contribution is 2.24. The molecule has 0 N–H and O–H groups in total. The maximum atomic E-state index is 4.78. The molecule has 0 saturated carbocycles. The standard InChI is InChI=1S/C20H29N7/c1-15(2)20-23-16(3)12-19(24-20)27-10-8-26(9-11-27)18-13-17(21-14-22-18)25-6-4-5-7-25/h12-15H,4-11H2,1-3H3. The predicted molar refractivity (Wildman–Crippen MR) is 109 cm³/mol. The summed E-state index contributed by atoms with van der Waals surface area (Å²) in [5.74, 6) is 4.42. The van der Waals surface area contributed by atoms with E-state index >= 15 is 0 Å². The van der Waals surface area contributed by atoms with Crippen LogP contribution in [0.2, 0.25) is 0 Å². The molecular formula is C20H29N7. The van der Waals surface area contributed by atoms with Crippen LogP contribution in [0.15, 0.2) is 18.5 Å². The smallest absolute Gasteiger partial charge is 0.134 e. The predicted octanol–water partition coefficient (Wildman–Crippen LogP) is 2.63. The summed E-state index contributed by atoms with van der Waals surface area (Å²) in [7, 11) is 0. The Kier molecular flexibility index (Phi) is 5.09. The van der Waals surface area contributed by atoms with Crippen molar-refractivity contribution in [3.8, 4) is 0 Å². The van der Waals surface area contributed by atoms with E-state index in [9.17, 15) is 0 Å². The molecule has 0 radical (unpaired) electrons. The lowest BCUT2D eigenvalue weighted by Gasteiger charge is -2.36.